The third kappa shape index (κ3) is 6.99. The van der Waals surface area contributed by atoms with Crippen LogP contribution in [0, 0.1) is 0 Å². The van der Waals surface area contributed by atoms with Crippen LogP contribution in [0.4, 0.5) is 23.0 Å². The average Bonchev–Trinajstić information content (AvgIpc) is 3.66. The quantitative estimate of drug-likeness (QED) is 0.147. The molecule has 0 aliphatic rings. The molecule has 12 nitrogen and oxygen atoms in total. The van der Waals surface area contributed by atoms with Crippen LogP contribution in [0.1, 0.15) is 19.2 Å². The average molecular weight is 599 g/mol. The second-order valence-electron chi connectivity index (χ2n) is 10.8. The zero-order valence-electron chi connectivity index (χ0n) is 25.6. The third-order valence-electron chi connectivity index (χ3n) is 7.13. The van der Waals surface area contributed by atoms with Crippen molar-refractivity contribution in [3.8, 4) is 28.4 Å². The summed E-state index contributed by atoms with van der Waals surface area (Å²) in [6.07, 6.45) is 4.50. The minimum atomic E-state index is -0.182. The number of aryl methyl sites for hydroxylation is 1. The summed E-state index contributed by atoms with van der Waals surface area (Å²) in [4.78, 5) is 33.8. The Hall–Kier alpha value is -4.94. The van der Waals surface area contributed by atoms with Crippen molar-refractivity contribution >= 4 is 39.9 Å². The van der Waals surface area contributed by atoms with Gasteiger partial charge in [-0.2, -0.15) is 0 Å². The Labute approximate surface area is 256 Å². The Morgan fingerprint density at radius 1 is 1.07 bits per heavy atom. The van der Waals surface area contributed by atoms with Gasteiger partial charge in [-0.15, -0.1) is 0 Å². The summed E-state index contributed by atoms with van der Waals surface area (Å²) in [6.45, 7) is 3.14. The van der Waals surface area contributed by atoms with Crippen LogP contribution in [0.2, 0.25) is 0 Å². The maximum absolute atomic E-state index is 12.1. The van der Waals surface area contributed by atoms with Gasteiger partial charge in [-0.05, 0) is 44.8 Å². The van der Waals surface area contributed by atoms with E-state index in [-0.39, 0.29) is 12.5 Å². The first-order valence-electron chi connectivity index (χ1n) is 14.4. The van der Waals surface area contributed by atoms with Gasteiger partial charge >= 0.3 is 0 Å². The molecule has 0 radical (unpaired) electrons. The van der Waals surface area contributed by atoms with Crippen molar-refractivity contribution < 1.29 is 19.1 Å². The molecule has 4 N–H and O–H groups in total. The number of anilines is 4. The van der Waals surface area contributed by atoms with Crippen LogP contribution in [0.15, 0.2) is 59.3 Å². The number of fused-ring (bicyclic) bond motifs is 1. The lowest BCUT2D eigenvalue weighted by atomic mass is 10.1. The molecule has 44 heavy (non-hydrogen) atoms. The zero-order chi connectivity index (χ0) is 31.2. The summed E-state index contributed by atoms with van der Waals surface area (Å²) in [5, 5.41) is 16.6. The van der Waals surface area contributed by atoms with Crippen molar-refractivity contribution in [2.45, 2.75) is 19.8 Å². The number of imidazole rings is 1. The number of nitrogens with one attached hydrogen (secondary N) is 3. The van der Waals surface area contributed by atoms with E-state index in [1.165, 1.54) is 6.92 Å². The molecule has 2 aromatic carbocycles. The van der Waals surface area contributed by atoms with Crippen molar-refractivity contribution in [1.82, 2.24) is 24.8 Å². The van der Waals surface area contributed by atoms with Crippen LogP contribution in [-0.4, -0.2) is 83.8 Å². The number of benzene rings is 2. The van der Waals surface area contributed by atoms with E-state index in [4.69, 9.17) is 19.1 Å². The Morgan fingerprint density at radius 3 is 2.66 bits per heavy atom. The summed E-state index contributed by atoms with van der Waals surface area (Å²) in [6, 6.07) is 13.4. The predicted molar refractivity (Wildman–Crippen MR) is 173 cm³/mol. The second kappa shape index (κ2) is 13.6. The number of aliphatic hydroxyl groups excluding tert-OH is 1. The Balaban J connectivity index is 1.51. The Morgan fingerprint density at radius 2 is 1.91 bits per heavy atom. The lowest BCUT2D eigenvalue weighted by Crippen LogP contribution is -2.29. The summed E-state index contributed by atoms with van der Waals surface area (Å²) in [5.74, 6) is 1.47. The molecule has 12 heteroatoms. The van der Waals surface area contributed by atoms with E-state index in [0.29, 0.717) is 41.6 Å². The largest absolute Gasteiger partial charge is 0.494 e. The summed E-state index contributed by atoms with van der Waals surface area (Å²) < 4.78 is 11.4. The molecule has 5 rings (SSSR count). The number of aromatic nitrogens is 4. The second-order valence-corrected chi connectivity index (χ2v) is 10.8. The molecule has 1 amide bonds. The van der Waals surface area contributed by atoms with E-state index >= 15 is 0 Å². The van der Waals surface area contributed by atoms with Crippen molar-refractivity contribution in [2.24, 2.45) is 0 Å². The molecule has 0 aliphatic carbocycles. The van der Waals surface area contributed by atoms with Crippen LogP contribution in [0.25, 0.3) is 33.6 Å². The van der Waals surface area contributed by atoms with Crippen molar-refractivity contribution in [3.05, 3.63) is 60.7 Å². The Kier molecular flexibility index (Phi) is 9.41. The molecule has 0 unspecified atom stereocenters. The van der Waals surface area contributed by atoms with Crippen molar-refractivity contribution in [2.75, 3.05) is 63.5 Å². The van der Waals surface area contributed by atoms with Gasteiger partial charge in [0.15, 0.2) is 0 Å². The lowest BCUT2D eigenvalue weighted by Gasteiger charge is -2.25. The maximum Gasteiger partial charge on any atom is 0.227 e. The van der Waals surface area contributed by atoms with Gasteiger partial charge in [0.05, 0.1) is 47.5 Å². The molecule has 3 aromatic heterocycles. The first-order valence-corrected chi connectivity index (χ1v) is 14.4. The Bertz CT molecular complexity index is 1750. The van der Waals surface area contributed by atoms with Crippen LogP contribution in [0.5, 0.6) is 5.75 Å². The summed E-state index contributed by atoms with van der Waals surface area (Å²) >= 11 is 0. The fourth-order valence-corrected chi connectivity index (χ4v) is 4.87. The van der Waals surface area contributed by atoms with Crippen LogP contribution in [0.3, 0.4) is 0 Å². The van der Waals surface area contributed by atoms with E-state index in [9.17, 15) is 9.90 Å². The molecule has 0 saturated heterocycles. The van der Waals surface area contributed by atoms with E-state index in [2.05, 4.69) is 30.4 Å². The van der Waals surface area contributed by atoms with E-state index in [1.54, 1.807) is 19.6 Å². The van der Waals surface area contributed by atoms with Crippen LogP contribution >= 0.6 is 0 Å². The molecule has 0 atom stereocenters. The number of ether oxygens (including phenoxy) is 1. The van der Waals surface area contributed by atoms with Gasteiger partial charge in [-0.3, -0.25) is 4.79 Å². The number of carbonyl (C=O) groups excluding carboxylic acids is 1. The third-order valence-corrected chi connectivity index (χ3v) is 7.13. The van der Waals surface area contributed by atoms with Gasteiger partial charge in [0.25, 0.3) is 0 Å². The predicted octanol–water partition coefficient (Wildman–Crippen LogP) is 4.91. The van der Waals surface area contributed by atoms with Gasteiger partial charge in [-0.25, -0.2) is 15.0 Å². The smallest absolute Gasteiger partial charge is 0.227 e. The normalized spacial score (nSPS) is 11.2. The molecule has 0 saturated carbocycles. The number of carbonyl (C=O) groups is 1. The molecule has 3 heterocycles. The number of furan rings is 1. The SMILES string of the molecule is COc1cc(N(C)CCN(C)C)c(NC(C)=O)cc1Nc1nccc(-c2[nH]c(CCCO)nc2-c2ccc3ccoc3c2)n1. The molecule has 0 bridgehead atoms. The van der Waals surface area contributed by atoms with E-state index < -0.39 is 0 Å². The molecule has 5 aromatic rings. The summed E-state index contributed by atoms with van der Waals surface area (Å²) in [7, 11) is 7.61. The zero-order valence-corrected chi connectivity index (χ0v) is 25.6. The first kappa shape index (κ1) is 30.5. The van der Waals surface area contributed by atoms with Crippen molar-refractivity contribution in [3.63, 3.8) is 0 Å². The number of hydrogen-bond acceptors (Lipinski definition) is 10. The minimum absolute atomic E-state index is 0.0673. The van der Waals surface area contributed by atoms with Gasteiger partial charge in [0, 0.05) is 63.3 Å². The van der Waals surface area contributed by atoms with Gasteiger partial charge in [0.1, 0.15) is 17.2 Å². The van der Waals surface area contributed by atoms with E-state index in [0.717, 1.165) is 52.5 Å². The van der Waals surface area contributed by atoms with Gasteiger partial charge in [0.2, 0.25) is 11.9 Å². The number of hydrogen-bond donors (Lipinski definition) is 4. The highest BCUT2D eigenvalue weighted by Crippen LogP contribution is 2.38. The highest BCUT2D eigenvalue weighted by Gasteiger charge is 2.19. The van der Waals surface area contributed by atoms with Gasteiger partial charge in [-0.1, -0.05) is 12.1 Å². The first-order chi connectivity index (χ1) is 21.2. The highest BCUT2D eigenvalue weighted by atomic mass is 16.5. The molecule has 0 fully saturated rings. The van der Waals surface area contributed by atoms with E-state index in [1.807, 2.05) is 63.6 Å². The topological polar surface area (TPSA) is 145 Å². The number of nitrogens with zero attached hydrogens (tertiary/aromatic N) is 5. The van der Waals surface area contributed by atoms with Crippen LogP contribution < -0.4 is 20.3 Å². The molecule has 0 spiro atoms. The number of rotatable bonds is 13. The molecular formula is C32H38N8O4. The number of H-pyrrole nitrogens is 1. The molecular weight excluding hydrogens is 560 g/mol. The number of methoxy groups -OCH3 is 1. The number of aromatic amines is 1. The molecule has 230 valence electrons. The minimum Gasteiger partial charge on any atom is -0.494 e. The maximum atomic E-state index is 12.1. The number of likely N-dealkylation sites (N-methyl/N-ethyl adjacent to an activating group) is 2. The molecule has 0 aliphatic heterocycles. The van der Waals surface area contributed by atoms with Crippen LogP contribution in [-0.2, 0) is 11.2 Å². The van der Waals surface area contributed by atoms with Crippen molar-refractivity contribution in [1.29, 1.82) is 0 Å². The fraction of sp³-hybridized carbons (Fsp3) is 0.312. The fourth-order valence-electron chi connectivity index (χ4n) is 4.87. The standard InChI is InChI=1S/C32H38N8O4/c1-20(42)34-24-18-25(28(43-5)19-26(24)40(4)14-13-39(2)3)36-32-33-12-10-23(35-32)31-30(37-29(38-31)7-6-15-41)22-9-8-21-11-16-44-27(21)17-22/h8-12,16-19,41H,6-7,13-15H2,1-5H3,(H,34,42)(H,37,38)(H,33,35,36). The monoisotopic (exact) mass is 598 g/mol. The highest BCUT2D eigenvalue weighted by molar-refractivity contribution is 5.95. The number of amides is 1. The lowest BCUT2D eigenvalue weighted by molar-refractivity contribution is -0.114. The summed E-state index contributed by atoms with van der Waals surface area (Å²) in [5.41, 5.74) is 5.75. The van der Waals surface area contributed by atoms with Gasteiger partial charge < -0.3 is 39.7 Å². The number of aliphatic hydroxyl groups is 1.